The van der Waals surface area contributed by atoms with Crippen molar-refractivity contribution in [3.63, 3.8) is 0 Å². The van der Waals surface area contributed by atoms with Crippen LogP contribution in [0.15, 0.2) is 46.2 Å². The van der Waals surface area contributed by atoms with Crippen molar-refractivity contribution in [1.82, 2.24) is 4.72 Å². The molecular weight excluding hydrogens is 435 g/mol. The summed E-state index contributed by atoms with van der Waals surface area (Å²) in [5, 5.41) is 8.66. The van der Waals surface area contributed by atoms with E-state index in [4.69, 9.17) is 5.11 Å². The second-order valence-corrected chi connectivity index (χ2v) is 10.4. The van der Waals surface area contributed by atoms with Gasteiger partial charge in [-0.15, -0.1) is 0 Å². The highest BCUT2D eigenvalue weighted by Crippen LogP contribution is 2.30. The third-order valence-electron chi connectivity index (χ3n) is 4.45. The first-order valence-corrected chi connectivity index (χ1v) is 11.9. The Hall–Kier alpha value is -2.50. The summed E-state index contributed by atoms with van der Waals surface area (Å²) in [6.45, 7) is 3.16. The zero-order valence-electron chi connectivity index (χ0n) is 16.7. The van der Waals surface area contributed by atoms with E-state index in [2.05, 4.69) is 4.72 Å². The Morgan fingerprint density at radius 3 is 2.23 bits per heavy atom. The van der Waals surface area contributed by atoms with E-state index in [1.165, 1.54) is 13.1 Å². The normalized spacial score (nSPS) is 12.0. The molecule has 2 rings (SSSR count). The third kappa shape index (κ3) is 5.35. The second-order valence-electron chi connectivity index (χ2n) is 6.73. The highest BCUT2D eigenvalue weighted by molar-refractivity contribution is 7.92. The van der Waals surface area contributed by atoms with Gasteiger partial charge in [-0.25, -0.2) is 25.9 Å². The SMILES string of the molecule is Cc1cc(C)c(S(=O)(=O)NCCCC(=O)O)cc1N(C)S(=O)(=O)c1ccc(F)cc1. The summed E-state index contributed by atoms with van der Waals surface area (Å²) in [6, 6.07) is 7.13. The Labute approximate surface area is 175 Å². The third-order valence-corrected chi connectivity index (χ3v) is 7.84. The molecule has 0 aromatic heterocycles. The predicted molar refractivity (Wildman–Crippen MR) is 110 cm³/mol. The number of hydrogen-bond acceptors (Lipinski definition) is 5. The maximum Gasteiger partial charge on any atom is 0.303 e. The van der Waals surface area contributed by atoms with Gasteiger partial charge in [0.1, 0.15) is 5.82 Å². The lowest BCUT2D eigenvalue weighted by Gasteiger charge is -2.23. The molecule has 0 saturated heterocycles. The summed E-state index contributed by atoms with van der Waals surface area (Å²) in [6.07, 6.45) is -0.0650. The molecule has 2 aromatic carbocycles. The summed E-state index contributed by atoms with van der Waals surface area (Å²) < 4.78 is 67.6. The van der Waals surface area contributed by atoms with E-state index in [0.717, 1.165) is 28.6 Å². The molecule has 0 aliphatic heterocycles. The van der Waals surface area contributed by atoms with E-state index in [0.29, 0.717) is 11.1 Å². The van der Waals surface area contributed by atoms with Gasteiger partial charge in [0.25, 0.3) is 10.0 Å². The number of halogens is 1. The monoisotopic (exact) mass is 458 g/mol. The number of benzene rings is 2. The van der Waals surface area contributed by atoms with Gasteiger partial charge in [0.2, 0.25) is 10.0 Å². The number of aliphatic carboxylic acids is 1. The fourth-order valence-corrected chi connectivity index (χ4v) is 5.44. The molecule has 30 heavy (non-hydrogen) atoms. The number of aryl methyl sites for hydroxylation is 2. The number of carbonyl (C=O) groups is 1. The molecule has 2 aromatic rings. The topological polar surface area (TPSA) is 121 Å². The number of anilines is 1. The van der Waals surface area contributed by atoms with Gasteiger partial charge in [-0.2, -0.15) is 0 Å². The summed E-state index contributed by atoms with van der Waals surface area (Å²) in [5.74, 6) is -1.61. The number of nitrogens with zero attached hydrogens (tertiary/aromatic N) is 1. The summed E-state index contributed by atoms with van der Waals surface area (Å²) in [4.78, 5) is 10.3. The Morgan fingerprint density at radius 2 is 1.67 bits per heavy atom. The minimum absolute atomic E-state index is 0.0685. The van der Waals surface area contributed by atoms with Crippen molar-refractivity contribution in [3.8, 4) is 0 Å². The number of carboxylic acids is 1. The van der Waals surface area contributed by atoms with Crippen molar-refractivity contribution in [1.29, 1.82) is 0 Å². The average molecular weight is 459 g/mol. The van der Waals surface area contributed by atoms with Crippen molar-refractivity contribution in [2.24, 2.45) is 0 Å². The average Bonchev–Trinajstić information content (AvgIpc) is 2.65. The summed E-state index contributed by atoms with van der Waals surface area (Å²) >= 11 is 0. The molecule has 164 valence electrons. The molecule has 8 nitrogen and oxygen atoms in total. The van der Waals surface area contributed by atoms with E-state index < -0.39 is 31.8 Å². The summed E-state index contributed by atoms with van der Waals surface area (Å²) in [5.41, 5.74) is 1.09. The van der Waals surface area contributed by atoms with Gasteiger partial charge in [-0.1, -0.05) is 6.07 Å². The van der Waals surface area contributed by atoms with Crippen LogP contribution in [-0.4, -0.2) is 41.5 Å². The zero-order valence-corrected chi connectivity index (χ0v) is 18.3. The fraction of sp³-hybridized carbons (Fsp3) is 0.316. The van der Waals surface area contributed by atoms with E-state index >= 15 is 0 Å². The first-order valence-electron chi connectivity index (χ1n) is 8.93. The van der Waals surface area contributed by atoms with E-state index in [1.807, 2.05) is 0 Å². The van der Waals surface area contributed by atoms with E-state index in [-0.39, 0.29) is 34.9 Å². The number of hydrogen-bond donors (Lipinski definition) is 2. The smallest absolute Gasteiger partial charge is 0.303 e. The Balaban J connectivity index is 2.40. The molecule has 0 spiro atoms. The van der Waals surface area contributed by atoms with Crippen molar-refractivity contribution in [3.05, 3.63) is 53.3 Å². The van der Waals surface area contributed by atoms with Crippen LogP contribution in [0.1, 0.15) is 24.0 Å². The number of rotatable bonds is 9. The van der Waals surface area contributed by atoms with Gasteiger partial charge < -0.3 is 5.11 Å². The Bertz CT molecular complexity index is 1150. The number of carboxylic acid groups (broad SMARTS) is 1. The van der Waals surface area contributed by atoms with Crippen LogP contribution in [0.4, 0.5) is 10.1 Å². The Morgan fingerprint density at radius 1 is 1.07 bits per heavy atom. The molecule has 0 unspecified atom stereocenters. The molecule has 0 heterocycles. The molecule has 2 N–H and O–H groups in total. The molecule has 0 fully saturated rings. The van der Waals surface area contributed by atoms with Gasteiger partial charge in [0.05, 0.1) is 15.5 Å². The first kappa shape index (κ1) is 23.8. The van der Waals surface area contributed by atoms with Crippen LogP contribution in [0.25, 0.3) is 0 Å². The first-order chi connectivity index (χ1) is 13.9. The predicted octanol–water partition coefficient (Wildman–Crippen LogP) is 2.41. The van der Waals surface area contributed by atoms with Gasteiger partial charge in [0.15, 0.2) is 0 Å². The van der Waals surface area contributed by atoms with E-state index in [1.54, 1.807) is 19.9 Å². The van der Waals surface area contributed by atoms with Crippen molar-refractivity contribution in [2.45, 2.75) is 36.5 Å². The standard InChI is InChI=1S/C19H23FN2O6S2/c1-13-11-14(2)18(29(25,26)21-10-4-5-19(23)24)12-17(13)22(3)30(27,28)16-8-6-15(20)7-9-16/h6-9,11-12,21H,4-5,10H2,1-3H3,(H,23,24). The van der Waals surface area contributed by atoms with Crippen molar-refractivity contribution >= 4 is 31.7 Å². The fourth-order valence-electron chi connectivity index (χ4n) is 2.87. The lowest BCUT2D eigenvalue weighted by Crippen LogP contribution is -2.29. The summed E-state index contributed by atoms with van der Waals surface area (Å²) in [7, 11) is -6.76. The van der Waals surface area contributed by atoms with Crippen LogP contribution in [0.3, 0.4) is 0 Å². The minimum atomic E-state index is -4.05. The lowest BCUT2D eigenvalue weighted by atomic mass is 10.1. The van der Waals surface area contributed by atoms with Gasteiger partial charge in [-0.05, 0) is 61.7 Å². The van der Waals surface area contributed by atoms with Crippen LogP contribution < -0.4 is 9.03 Å². The van der Waals surface area contributed by atoms with E-state index in [9.17, 15) is 26.0 Å². The van der Waals surface area contributed by atoms with Crippen molar-refractivity contribution in [2.75, 3.05) is 17.9 Å². The van der Waals surface area contributed by atoms with Gasteiger partial charge in [-0.3, -0.25) is 9.10 Å². The number of sulfonamides is 2. The Kier molecular flexibility index (Phi) is 7.22. The number of nitrogens with one attached hydrogen (secondary N) is 1. The van der Waals surface area contributed by atoms with Crippen LogP contribution in [-0.2, 0) is 24.8 Å². The van der Waals surface area contributed by atoms with Crippen molar-refractivity contribution < 1.29 is 31.1 Å². The molecule has 0 aliphatic rings. The quantitative estimate of drug-likeness (QED) is 0.557. The second kappa shape index (κ2) is 9.11. The molecule has 0 saturated carbocycles. The molecule has 0 aliphatic carbocycles. The molecule has 0 bridgehead atoms. The van der Waals surface area contributed by atoms with Gasteiger partial charge in [0, 0.05) is 20.0 Å². The molecular formula is C19H23FN2O6S2. The minimum Gasteiger partial charge on any atom is -0.481 e. The zero-order chi connectivity index (χ0) is 22.7. The molecule has 0 radical (unpaired) electrons. The maximum atomic E-state index is 13.1. The van der Waals surface area contributed by atoms with Crippen LogP contribution >= 0.6 is 0 Å². The highest BCUT2D eigenvalue weighted by Gasteiger charge is 2.26. The largest absolute Gasteiger partial charge is 0.481 e. The van der Waals surface area contributed by atoms with Crippen LogP contribution in [0.2, 0.25) is 0 Å². The van der Waals surface area contributed by atoms with Gasteiger partial charge >= 0.3 is 5.97 Å². The molecule has 11 heteroatoms. The van der Waals surface area contributed by atoms with Crippen LogP contribution in [0, 0.1) is 19.7 Å². The maximum absolute atomic E-state index is 13.1. The molecule has 0 amide bonds. The highest BCUT2D eigenvalue weighted by atomic mass is 32.2. The lowest BCUT2D eigenvalue weighted by molar-refractivity contribution is -0.137. The van der Waals surface area contributed by atoms with Crippen LogP contribution in [0.5, 0.6) is 0 Å². The molecule has 0 atom stereocenters.